The van der Waals surface area contributed by atoms with Gasteiger partial charge >= 0.3 is 0 Å². The van der Waals surface area contributed by atoms with E-state index in [4.69, 9.17) is 4.74 Å². The number of nitrogens with zero attached hydrogens (tertiary/aromatic N) is 2. The highest BCUT2D eigenvalue weighted by Crippen LogP contribution is 2.25. The van der Waals surface area contributed by atoms with Gasteiger partial charge in [0.05, 0.1) is 5.39 Å². The summed E-state index contributed by atoms with van der Waals surface area (Å²) in [6.45, 7) is -0.305. The monoisotopic (exact) mass is 321 g/mol. The number of benzene rings is 1. The maximum absolute atomic E-state index is 13.0. The lowest BCUT2D eigenvalue weighted by Gasteiger charge is -2.07. The molecule has 22 heavy (non-hydrogen) atoms. The molecule has 0 aliphatic carbocycles. The minimum absolute atomic E-state index is 0.149. The second-order valence-corrected chi connectivity index (χ2v) is 5.18. The van der Waals surface area contributed by atoms with Gasteiger partial charge in [0, 0.05) is 11.8 Å². The zero-order valence-electron chi connectivity index (χ0n) is 11.0. The van der Waals surface area contributed by atoms with Crippen LogP contribution >= 0.6 is 11.3 Å². The van der Waals surface area contributed by atoms with Crippen molar-refractivity contribution >= 4 is 33.1 Å². The fraction of sp³-hybridized carbons (Fsp3) is 0.0714. The largest absolute Gasteiger partial charge is 0.467 e. The summed E-state index contributed by atoms with van der Waals surface area (Å²) in [7, 11) is 0. The summed E-state index contributed by atoms with van der Waals surface area (Å²) < 4.78 is 31.2. The number of rotatable bonds is 4. The van der Waals surface area contributed by atoms with Gasteiger partial charge < -0.3 is 10.1 Å². The van der Waals surface area contributed by atoms with Gasteiger partial charge in [0.15, 0.2) is 18.2 Å². The minimum Gasteiger partial charge on any atom is -0.467 e. The first-order valence-electron chi connectivity index (χ1n) is 6.19. The van der Waals surface area contributed by atoms with Crippen molar-refractivity contribution in [2.24, 2.45) is 0 Å². The number of thiophene rings is 1. The molecule has 5 nitrogen and oxygen atoms in total. The zero-order chi connectivity index (χ0) is 15.5. The smallest absolute Gasteiger partial charge is 0.262 e. The summed E-state index contributed by atoms with van der Waals surface area (Å²) in [6, 6.07) is 4.89. The van der Waals surface area contributed by atoms with E-state index in [-0.39, 0.29) is 12.3 Å². The first-order valence-corrected chi connectivity index (χ1v) is 7.07. The molecule has 112 valence electrons. The highest BCUT2D eigenvalue weighted by Gasteiger charge is 2.10. The van der Waals surface area contributed by atoms with Crippen LogP contribution in [-0.2, 0) is 4.79 Å². The van der Waals surface area contributed by atoms with E-state index < -0.39 is 17.5 Å². The lowest BCUT2D eigenvalue weighted by atomic mass is 10.3. The van der Waals surface area contributed by atoms with Gasteiger partial charge in [-0.05, 0) is 23.6 Å². The number of aromatic nitrogens is 2. The molecule has 0 spiro atoms. The van der Waals surface area contributed by atoms with Gasteiger partial charge in [-0.15, -0.1) is 11.3 Å². The lowest BCUT2D eigenvalue weighted by molar-refractivity contribution is -0.118. The fourth-order valence-corrected chi connectivity index (χ4v) is 2.51. The van der Waals surface area contributed by atoms with Crippen molar-refractivity contribution in [3.8, 4) is 5.88 Å². The number of fused-ring (bicyclic) bond motifs is 1. The Morgan fingerprint density at radius 1 is 1.23 bits per heavy atom. The average Bonchev–Trinajstić information content (AvgIpc) is 2.98. The summed E-state index contributed by atoms with van der Waals surface area (Å²) in [5.74, 6) is -2.22. The van der Waals surface area contributed by atoms with Gasteiger partial charge in [0.25, 0.3) is 5.91 Å². The molecule has 1 N–H and O–H groups in total. The first kappa shape index (κ1) is 14.3. The predicted octanol–water partition coefficient (Wildman–Crippen LogP) is 2.99. The van der Waals surface area contributed by atoms with Crippen LogP contribution in [-0.4, -0.2) is 22.5 Å². The fourth-order valence-electron chi connectivity index (χ4n) is 1.79. The molecule has 3 rings (SSSR count). The van der Waals surface area contributed by atoms with Gasteiger partial charge in [-0.3, -0.25) is 4.79 Å². The van der Waals surface area contributed by atoms with Gasteiger partial charge in [-0.2, -0.15) is 0 Å². The van der Waals surface area contributed by atoms with Crippen molar-refractivity contribution in [3.63, 3.8) is 0 Å². The number of hydrogen-bond donors (Lipinski definition) is 1. The predicted molar refractivity (Wildman–Crippen MR) is 77.9 cm³/mol. The van der Waals surface area contributed by atoms with Crippen LogP contribution in [0, 0.1) is 11.6 Å². The Labute approximate surface area is 127 Å². The summed E-state index contributed by atoms with van der Waals surface area (Å²) in [6.07, 6.45) is 1.35. The number of halogens is 2. The van der Waals surface area contributed by atoms with Crippen molar-refractivity contribution in [2.75, 3.05) is 11.9 Å². The van der Waals surface area contributed by atoms with Gasteiger partial charge in [0.1, 0.15) is 11.2 Å². The molecule has 3 aromatic rings. The molecule has 0 bridgehead atoms. The maximum Gasteiger partial charge on any atom is 0.262 e. The van der Waals surface area contributed by atoms with Crippen molar-refractivity contribution < 1.29 is 18.3 Å². The Morgan fingerprint density at radius 2 is 2.09 bits per heavy atom. The molecular weight excluding hydrogens is 312 g/mol. The minimum atomic E-state index is -1.03. The molecule has 0 radical (unpaired) electrons. The van der Waals surface area contributed by atoms with Crippen LogP contribution in [0.5, 0.6) is 5.88 Å². The maximum atomic E-state index is 13.0. The molecule has 0 aliphatic rings. The summed E-state index contributed by atoms with van der Waals surface area (Å²) in [5, 5.41) is 4.97. The van der Waals surface area contributed by atoms with E-state index >= 15 is 0 Å². The van der Waals surface area contributed by atoms with E-state index in [1.807, 2.05) is 5.38 Å². The van der Waals surface area contributed by atoms with Crippen LogP contribution in [0.2, 0.25) is 0 Å². The van der Waals surface area contributed by atoms with Crippen LogP contribution in [0.3, 0.4) is 0 Å². The van der Waals surface area contributed by atoms with Crippen molar-refractivity contribution in [1.29, 1.82) is 0 Å². The van der Waals surface area contributed by atoms with E-state index in [0.717, 1.165) is 17.0 Å². The third kappa shape index (κ3) is 3.01. The van der Waals surface area contributed by atoms with E-state index in [9.17, 15) is 13.6 Å². The lowest BCUT2D eigenvalue weighted by Crippen LogP contribution is -2.20. The molecule has 0 saturated heterocycles. The third-order valence-electron chi connectivity index (χ3n) is 2.77. The SMILES string of the molecule is O=C(COc1ncnc2sccc12)Nc1ccc(F)c(F)c1. The van der Waals surface area contributed by atoms with Crippen molar-refractivity contribution in [3.05, 3.63) is 47.6 Å². The number of carbonyl (C=O) groups excluding carboxylic acids is 1. The van der Waals surface area contributed by atoms with Crippen LogP contribution in [0.15, 0.2) is 36.0 Å². The van der Waals surface area contributed by atoms with Gasteiger partial charge in [-0.1, -0.05) is 0 Å². The van der Waals surface area contributed by atoms with Gasteiger partial charge in [-0.25, -0.2) is 18.7 Å². The Kier molecular flexibility index (Phi) is 3.92. The molecular formula is C14H9F2N3O2S. The number of nitrogens with one attached hydrogen (secondary N) is 1. The Bertz CT molecular complexity index is 838. The normalized spacial score (nSPS) is 10.6. The van der Waals surface area contributed by atoms with Crippen molar-refractivity contribution in [1.82, 2.24) is 9.97 Å². The standard InChI is InChI=1S/C14H9F2N3O2S/c15-10-2-1-8(5-11(10)16)19-12(20)6-21-13-9-3-4-22-14(9)18-7-17-13/h1-5,7H,6H2,(H,19,20). The van der Waals surface area contributed by atoms with Crippen LogP contribution < -0.4 is 10.1 Å². The summed E-state index contributed by atoms with van der Waals surface area (Å²) >= 11 is 1.43. The molecule has 1 amide bonds. The Morgan fingerprint density at radius 3 is 2.91 bits per heavy atom. The highest BCUT2D eigenvalue weighted by atomic mass is 32.1. The van der Waals surface area contributed by atoms with E-state index in [2.05, 4.69) is 15.3 Å². The number of carbonyl (C=O) groups is 1. The number of ether oxygens (including phenoxy) is 1. The quantitative estimate of drug-likeness (QED) is 0.802. The summed E-state index contributed by atoms with van der Waals surface area (Å²) in [4.78, 5) is 20.6. The highest BCUT2D eigenvalue weighted by molar-refractivity contribution is 7.16. The zero-order valence-corrected chi connectivity index (χ0v) is 11.9. The molecule has 0 aliphatic heterocycles. The number of hydrogen-bond acceptors (Lipinski definition) is 5. The molecule has 8 heteroatoms. The van der Waals surface area contributed by atoms with E-state index in [1.54, 1.807) is 6.07 Å². The third-order valence-corrected chi connectivity index (χ3v) is 3.59. The van der Waals surface area contributed by atoms with Crippen molar-refractivity contribution in [2.45, 2.75) is 0 Å². The van der Waals surface area contributed by atoms with Crippen LogP contribution in [0.1, 0.15) is 0 Å². The molecule has 0 atom stereocenters. The van der Waals surface area contributed by atoms with E-state index in [0.29, 0.717) is 11.3 Å². The van der Waals surface area contributed by atoms with Crippen LogP contribution in [0.25, 0.3) is 10.2 Å². The first-order chi connectivity index (χ1) is 10.6. The Balaban J connectivity index is 1.65. The Hall–Kier alpha value is -2.61. The van der Waals surface area contributed by atoms with E-state index in [1.165, 1.54) is 23.7 Å². The van der Waals surface area contributed by atoms with Gasteiger partial charge in [0.2, 0.25) is 5.88 Å². The molecule has 1 aromatic carbocycles. The molecule has 0 fully saturated rings. The molecule has 2 heterocycles. The molecule has 2 aromatic heterocycles. The number of anilines is 1. The number of amides is 1. The summed E-state index contributed by atoms with van der Waals surface area (Å²) in [5.41, 5.74) is 0.149. The second-order valence-electron chi connectivity index (χ2n) is 4.28. The topological polar surface area (TPSA) is 64.1 Å². The van der Waals surface area contributed by atoms with Crippen LogP contribution in [0.4, 0.5) is 14.5 Å². The average molecular weight is 321 g/mol. The molecule has 0 saturated carbocycles. The molecule has 0 unspecified atom stereocenters. The second kappa shape index (κ2) is 6.02.